The maximum atomic E-state index is 5.98. The van der Waals surface area contributed by atoms with Gasteiger partial charge in [0.2, 0.25) is 0 Å². The van der Waals surface area contributed by atoms with Crippen LogP contribution in [-0.4, -0.2) is 30.4 Å². The van der Waals surface area contributed by atoms with Crippen LogP contribution >= 0.6 is 22.9 Å². The molecule has 1 heterocycles. The Balaban J connectivity index is 2.02. The molecule has 0 radical (unpaired) electrons. The van der Waals surface area contributed by atoms with Crippen molar-refractivity contribution in [2.45, 2.75) is 20.3 Å². The number of benzene rings is 1. The summed E-state index contributed by atoms with van der Waals surface area (Å²) in [5.41, 5.74) is 0.931. The van der Waals surface area contributed by atoms with Crippen molar-refractivity contribution in [1.29, 1.82) is 0 Å². The van der Waals surface area contributed by atoms with E-state index in [0.717, 1.165) is 40.8 Å². The molecule has 4 nitrogen and oxygen atoms in total. The fourth-order valence-electron chi connectivity index (χ4n) is 1.89. The molecular formula is C15H20ClN3OS. The number of rotatable bonds is 7. The molecule has 0 fully saturated rings. The molecule has 0 saturated heterocycles. The number of ether oxygens (including phenoxy) is 1. The van der Waals surface area contributed by atoms with Gasteiger partial charge >= 0.3 is 0 Å². The van der Waals surface area contributed by atoms with E-state index >= 15 is 0 Å². The van der Waals surface area contributed by atoms with E-state index in [2.05, 4.69) is 29.4 Å². The summed E-state index contributed by atoms with van der Waals surface area (Å²) < 4.78 is 5.36. The van der Waals surface area contributed by atoms with Crippen molar-refractivity contribution < 1.29 is 4.74 Å². The summed E-state index contributed by atoms with van der Waals surface area (Å²) in [6.07, 6.45) is 0.889. The van der Waals surface area contributed by atoms with Crippen molar-refractivity contribution in [3.63, 3.8) is 0 Å². The van der Waals surface area contributed by atoms with Gasteiger partial charge in [-0.2, -0.15) is 0 Å². The smallest absolute Gasteiger partial charge is 0.151 e. The first-order valence-corrected chi connectivity index (χ1v) is 8.16. The molecule has 0 saturated carbocycles. The van der Waals surface area contributed by atoms with Crippen LogP contribution in [0.3, 0.4) is 0 Å². The minimum absolute atomic E-state index is 0.651. The van der Waals surface area contributed by atoms with Gasteiger partial charge in [-0.15, -0.1) is 10.2 Å². The molecule has 0 spiro atoms. The summed E-state index contributed by atoms with van der Waals surface area (Å²) in [6, 6.07) is 5.55. The van der Waals surface area contributed by atoms with E-state index in [1.807, 2.05) is 12.1 Å². The highest BCUT2D eigenvalue weighted by atomic mass is 35.5. The number of hydrogen-bond donors (Lipinski definition) is 1. The van der Waals surface area contributed by atoms with Gasteiger partial charge in [0.05, 0.1) is 12.7 Å². The first kappa shape index (κ1) is 16.2. The summed E-state index contributed by atoms with van der Waals surface area (Å²) in [5.74, 6) is 1.39. The molecule has 1 N–H and O–H groups in total. The topological polar surface area (TPSA) is 47.0 Å². The Morgan fingerprint density at radius 1 is 1.33 bits per heavy atom. The third-order valence-corrected chi connectivity index (χ3v) is 4.18. The van der Waals surface area contributed by atoms with Crippen molar-refractivity contribution in [3.05, 3.63) is 28.2 Å². The van der Waals surface area contributed by atoms with E-state index in [1.165, 1.54) is 0 Å². The van der Waals surface area contributed by atoms with Crippen molar-refractivity contribution in [2.24, 2.45) is 5.92 Å². The summed E-state index contributed by atoms with van der Waals surface area (Å²) >= 11 is 7.57. The van der Waals surface area contributed by atoms with Gasteiger partial charge < -0.3 is 10.1 Å². The number of aromatic nitrogens is 2. The Labute approximate surface area is 134 Å². The zero-order valence-electron chi connectivity index (χ0n) is 12.5. The van der Waals surface area contributed by atoms with E-state index in [0.29, 0.717) is 10.9 Å². The lowest BCUT2D eigenvalue weighted by Gasteiger charge is -2.05. The molecule has 0 aliphatic carbocycles. The van der Waals surface area contributed by atoms with Gasteiger partial charge in [-0.3, -0.25) is 0 Å². The van der Waals surface area contributed by atoms with Gasteiger partial charge in [-0.25, -0.2) is 0 Å². The molecule has 0 bridgehead atoms. The third kappa shape index (κ3) is 4.66. The molecular weight excluding hydrogens is 306 g/mol. The van der Waals surface area contributed by atoms with Crippen LogP contribution in [0.5, 0.6) is 5.75 Å². The highest BCUT2D eigenvalue weighted by Gasteiger charge is 2.12. The third-order valence-electron chi connectivity index (χ3n) is 2.93. The summed E-state index contributed by atoms with van der Waals surface area (Å²) in [6.45, 7) is 6.34. The Bertz CT molecular complexity index is 586. The monoisotopic (exact) mass is 325 g/mol. The predicted octanol–water partition coefficient (Wildman–Crippen LogP) is 3.66. The Kier molecular flexibility index (Phi) is 5.96. The highest BCUT2D eigenvalue weighted by molar-refractivity contribution is 7.14. The Hall–Kier alpha value is -1.17. The van der Waals surface area contributed by atoms with Gasteiger partial charge in [0.25, 0.3) is 0 Å². The second kappa shape index (κ2) is 7.73. The quantitative estimate of drug-likeness (QED) is 0.789. The fourth-order valence-corrected chi connectivity index (χ4v) is 2.92. The highest BCUT2D eigenvalue weighted by Crippen LogP contribution is 2.34. The van der Waals surface area contributed by atoms with E-state index in [-0.39, 0.29) is 0 Å². The lowest BCUT2D eigenvalue weighted by atomic mass is 10.2. The second-order valence-corrected chi connectivity index (χ2v) is 6.69. The molecule has 0 unspecified atom stereocenters. The molecule has 6 heteroatoms. The average molecular weight is 326 g/mol. The van der Waals surface area contributed by atoms with E-state index in [9.17, 15) is 0 Å². The normalized spacial score (nSPS) is 11.1. The summed E-state index contributed by atoms with van der Waals surface area (Å²) in [7, 11) is 1.63. The van der Waals surface area contributed by atoms with E-state index < -0.39 is 0 Å². The zero-order chi connectivity index (χ0) is 15.2. The molecule has 114 valence electrons. The molecule has 1 aromatic carbocycles. The molecule has 21 heavy (non-hydrogen) atoms. The van der Waals surface area contributed by atoms with Gasteiger partial charge in [-0.05, 0) is 30.7 Å². The molecule has 2 aromatic rings. The van der Waals surface area contributed by atoms with Gasteiger partial charge in [0, 0.05) is 18.0 Å². The van der Waals surface area contributed by atoms with Crippen LogP contribution in [0.1, 0.15) is 18.9 Å². The van der Waals surface area contributed by atoms with Gasteiger partial charge in [0.15, 0.2) is 5.01 Å². The van der Waals surface area contributed by atoms with Crippen LogP contribution < -0.4 is 10.1 Å². The predicted molar refractivity (Wildman–Crippen MR) is 88.3 cm³/mol. The molecule has 2 rings (SSSR count). The van der Waals surface area contributed by atoms with Crippen molar-refractivity contribution in [3.8, 4) is 16.3 Å². The Morgan fingerprint density at radius 2 is 2.14 bits per heavy atom. The number of nitrogens with zero attached hydrogens (tertiary/aromatic N) is 2. The lowest BCUT2D eigenvalue weighted by Crippen LogP contribution is -2.22. The van der Waals surface area contributed by atoms with Crippen molar-refractivity contribution >= 4 is 22.9 Å². The second-order valence-electron chi connectivity index (χ2n) is 5.19. The summed E-state index contributed by atoms with van der Waals surface area (Å²) in [4.78, 5) is 0. The molecule has 0 aliphatic rings. The zero-order valence-corrected chi connectivity index (χ0v) is 14.1. The first-order chi connectivity index (χ1) is 10.1. The van der Waals surface area contributed by atoms with Crippen molar-refractivity contribution in [2.75, 3.05) is 20.2 Å². The maximum Gasteiger partial charge on any atom is 0.151 e. The summed E-state index contributed by atoms with van der Waals surface area (Å²) in [5, 5.41) is 14.5. The van der Waals surface area contributed by atoms with E-state index in [1.54, 1.807) is 24.5 Å². The van der Waals surface area contributed by atoms with Gasteiger partial charge in [-0.1, -0.05) is 36.8 Å². The van der Waals surface area contributed by atoms with Crippen molar-refractivity contribution in [1.82, 2.24) is 15.5 Å². The first-order valence-electron chi connectivity index (χ1n) is 6.97. The van der Waals surface area contributed by atoms with Gasteiger partial charge in [0.1, 0.15) is 10.8 Å². The largest absolute Gasteiger partial charge is 0.496 e. The SMILES string of the molecule is COc1cc(Cl)ccc1-c1nnc(CCNCC(C)C)s1. The standard InChI is InChI=1S/C15H20ClN3OS/c1-10(2)9-17-7-6-14-18-19-15(21-14)12-5-4-11(16)8-13(12)20-3/h4-5,8,10,17H,6-7,9H2,1-3H3. The molecule has 0 atom stereocenters. The Morgan fingerprint density at radius 3 is 2.86 bits per heavy atom. The number of nitrogens with one attached hydrogen (secondary N) is 1. The minimum Gasteiger partial charge on any atom is -0.496 e. The molecule has 0 amide bonds. The lowest BCUT2D eigenvalue weighted by molar-refractivity contribution is 0.416. The van der Waals surface area contributed by atoms with Crippen LogP contribution in [0.15, 0.2) is 18.2 Å². The molecule has 0 aliphatic heterocycles. The minimum atomic E-state index is 0.651. The maximum absolute atomic E-state index is 5.98. The fraction of sp³-hybridized carbons (Fsp3) is 0.467. The average Bonchev–Trinajstić information content (AvgIpc) is 2.92. The van der Waals surface area contributed by atoms with Crippen LogP contribution in [0.2, 0.25) is 5.02 Å². The number of methoxy groups -OCH3 is 1. The molecule has 1 aromatic heterocycles. The number of halogens is 1. The van der Waals surface area contributed by atoms with Crippen LogP contribution in [0.4, 0.5) is 0 Å². The van der Waals surface area contributed by atoms with Crippen LogP contribution in [0, 0.1) is 5.92 Å². The van der Waals surface area contributed by atoms with Crippen LogP contribution in [-0.2, 0) is 6.42 Å². The number of hydrogen-bond acceptors (Lipinski definition) is 5. The van der Waals surface area contributed by atoms with E-state index in [4.69, 9.17) is 16.3 Å². The van der Waals surface area contributed by atoms with Crippen LogP contribution in [0.25, 0.3) is 10.6 Å².